The number of nitrogens with one attached hydrogen (secondary N) is 1. The fraction of sp³-hybridized carbons (Fsp3) is 0.700. The van der Waals surface area contributed by atoms with Crippen molar-refractivity contribution in [2.24, 2.45) is 5.84 Å². The molecule has 1 unspecified atom stereocenters. The molecule has 0 saturated heterocycles. The van der Waals surface area contributed by atoms with E-state index in [4.69, 9.17) is 15.3 Å². The number of hydrogen-bond donors (Lipinski definition) is 2. The third kappa shape index (κ3) is 5.53. The molecule has 0 aliphatic heterocycles. The van der Waals surface area contributed by atoms with Crippen LogP contribution in [0.25, 0.3) is 0 Å². The van der Waals surface area contributed by atoms with Gasteiger partial charge in [0.1, 0.15) is 0 Å². The van der Waals surface area contributed by atoms with Gasteiger partial charge in [-0.1, -0.05) is 0 Å². The second-order valence-electron chi connectivity index (χ2n) is 3.43. The van der Waals surface area contributed by atoms with Crippen molar-refractivity contribution in [3.63, 3.8) is 0 Å². The van der Waals surface area contributed by atoms with Gasteiger partial charge in [-0.3, -0.25) is 16.3 Å². The molecule has 1 heterocycles. The normalized spacial score (nSPS) is 12.9. The van der Waals surface area contributed by atoms with Gasteiger partial charge in [0.15, 0.2) is 0 Å². The summed E-state index contributed by atoms with van der Waals surface area (Å²) >= 11 is 1.65. The van der Waals surface area contributed by atoms with E-state index < -0.39 is 0 Å². The number of methoxy groups -OCH3 is 1. The van der Waals surface area contributed by atoms with Gasteiger partial charge >= 0.3 is 0 Å². The van der Waals surface area contributed by atoms with Crippen molar-refractivity contribution < 1.29 is 9.47 Å². The van der Waals surface area contributed by atoms with Gasteiger partial charge in [0.25, 0.3) is 0 Å². The molecule has 0 radical (unpaired) electrons. The van der Waals surface area contributed by atoms with E-state index in [1.165, 1.54) is 4.88 Å². The minimum absolute atomic E-state index is 0.239. The van der Waals surface area contributed by atoms with Crippen LogP contribution in [0.5, 0.6) is 0 Å². The van der Waals surface area contributed by atoms with Crippen molar-refractivity contribution >= 4 is 11.3 Å². The Bertz CT molecular complexity index is 257. The van der Waals surface area contributed by atoms with Crippen LogP contribution in [0.15, 0.2) is 11.7 Å². The van der Waals surface area contributed by atoms with E-state index in [2.05, 4.69) is 10.4 Å². The highest BCUT2D eigenvalue weighted by Gasteiger charge is 2.08. The SMILES string of the molecule is COCCOCCC(Cc1cncs1)NN. The molecule has 1 aromatic rings. The van der Waals surface area contributed by atoms with Gasteiger partial charge in [0.05, 0.1) is 18.7 Å². The maximum Gasteiger partial charge on any atom is 0.0794 e. The van der Waals surface area contributed by atoms with Crippen LogP contribution in [0, 0.1) is 0 Å². The van der Waals surface area contributed by atoms with Crippen LogP contribution in [0.2, 0.25) is 0 Å². The molecule has 1 rings (SSSR count). The van der Waals surface area contributed by atoms with Crippen molar-refractivity contribution in [3.05, 3.63) is 16.6 Å². The lowest BCUT2D eigenvalue weighted by atomic mass is 10.1. The lowest BCUT2D eigenvalue weighted by Gasteiger charge is -2.14. The van der Waals surface area contributed by atoms with Gasteiger partial charge in [0, 0.05) is 37.3 Å². The van der Waals surface area contributed by atoms with Crippen molar-refractivity contribution in [1.82, 2.24) is 10.4 Å². The van der Waals surface area contributed by atoms with Crippen molar-refractivity contribution in [2.75, 3.05) is 26.9 Å². The second kappa shape index (κ2) is 8.60. The van der Waals surface area contributed by atoms with E-state index in [0.717, 1.165) is 12.8 Å². The first kappa shape index (κ1) is 13.5. The van der Waals surface area contributed by atoms with Crippen LogP contribution in [-0.4, -0.2) is 38.0 Å². The molecule has 6 heteroatoms. The molecule has 5 nitrogen and oxygen atoms in total. The largest absolute Gasteiger partial charge is 0.382 e. The van der Waals surface area contributed by atoms with Gasteiger partial charge in [-0.15, -0.1) is 11.3 Å². The van der Waals surface area contributed by atoms with Crippen molar-refractivity contribution in [1.29, 1.82) is 0 Å². The summed E-state index contributed by atoms with van der Waals surface area (Å²) in [5.41, 5.74) is 4.63. The zero-order valence-corrected chi connectivity index (χ0v) is 10.3. The van der Waals surface area contributed by atoms with Crippen LogP contribution >= 0.6 is 11.3 Å². The van der Waals surface area contributed by atoms with Gasteiger partial charge in [-0.05, 0) is 6.42 Å². The zero-order chi connectivity index (χ0) is 11.6. The van der Waals surface area contributed by atoms with E-state index in [1.54, 1.807) is 18.4 Å². The summed E-state index contributed by atoms with van der Waals surface area (Å²) in [5.74, 6) is 5.48. The Balaban J connectivity index is 2.12. The summed E-state index contributed by atoms with van der Waals surface area (Å²) in [6.07, 6.45) is 3.66. The van der Waals surface area contributed by atoms with Gasteiger partial charge in [-0.25, -0.2) is 0 Å². The average Bonchev–Trinajstić information content (AvgIpc) is 2.80. The van der Waals surface area contributed by atoms with Crippen LogP contribution in [0.4, 0.5) is 0 Å². The molecule has 0 amide bonds. The summed E-state index contributed by atoms with van der Waals surface area (Å²) in [4.78, 5) is 5.27. The first-order valence-electron chi connectivity index (χ1n) is 5.27. The first-order valence-corrected chi connectivity index (χ1v) is 6.15. The molecule has 0 saturated carbocycles. The first-order chi connectivity index (χ1) is 7.86. The minimum atomic E-state index is 0.239. The van der Waals surface area contributed by atoms with Gasteiger partial charge < -0.3 is 9.47 Å². The summed E-state index contributed by atoms with van der Waals surface area (Å²) in [5, 5.41) is 0. The molecule has 0 aromatic carbocycles. The summed E-state index contributed by atoms with van der Waals surface area (Å²) in [6.45, 7) is 1.96. The average molecular weight is 245 g/mol. The molecule has 3 N–H and O–H groups in total. The van der Waals surface area contributed by atoms with Crippen LogP contribution in [-0.2, 0) is 15.9 Å². The number of nitrogens with two attached hydrogens (primary N) is 1. The molecule has 1 atom stereocenters. The topological polar surface area (TPSA) is 69.4 Å². The molecule has 0 aliphatic rings. The molecule has 1 aromatic heterocycles. The number of hydrazine groups is 1. The molecule has 0 fully saturated rings. The predicted molar refractivity (Wildman–Crippen MR) is 64.2 cm³/mol. The number of aromatic nitrogens is 1. The molecular formula is C10H19N3O2S. The number of nitrogens with zero attached hydrogens (tertiary/aromatic N) is 1. The lowest BCUT2D eigenvalue weighted by molar-refractivity contribution is 0.0658. The molecule has 92 valence electrons. The number of thiazole rings is 1. The standard InChI is InChI=1S/C10H19N3O2S/c1-14-4-5-15-3-2-9(13-11)6-10-7-12-8-16-10/h7-9,13H,2-6,11H2,1H3. The van der Waals surface area contributed by atoms with Crippen LogP contribution < -0.4 is 11.3 Å². The minimum Gasteiger partial charge on any atom is -0.382 e. The Labute approximate surface area is 99.9 Å². The third-order valence-corrected chi connectivity index (χ3v) is 3.01. The van der Waals surface area contributed by atoms with E-state index in [9.17, 15) is 0 Å². The smallest absolute Gasteiger partial charge is 0.0794 e. The zero-order valence-electron chi connectivity index (χ0n) is 9.52. The highest BCUT2D eigenvalue weighted by Crippen LogP contribution is 2.10. The van der Waals surface area contributed by atoms with Crippen molar-refractivity contribution in [3.8, 4) is 0 Å². The Morgan fingerprint density at radius 2 is 2.38 bits per heavy atom. The quantitative estimate of drug-likeness (QED) is 0.378. The molecular weight excluding hydrogens is 226 g/mol. The number of ether oxygens (including phenoxy) is 2. The monoisotopic (exact) mass is 245 g/mol. The lowest BCUT2D eigenvalue weighted by Crippen LogP contribution is -2.37. The highest BCUT2D eigenvalue weighted by atomic mass is 32.1. The highest BCUT2D eigenvalue weighted by molar-refractivity contribution is 7.09. The van der Waals surface area contributed by atoms with Gasteiger partial charge in [-0.2, -0.15) is 0 Å². The predicted octanol–water partition coefficient (Wildman–Crippen LogP) is 0.571. The molecule has 0 aliphatic carbocycles. The fourth-order valence-corrected chi connectivity index (χ4v) is 1.98. The summed E-state index contributed by atoms with van der Waals surface area (Å²) in [6, 6.07) is 0.239. The van der Waals surface area contributed by atoms with Crippen molar-refractivity contribution in [2.45, 2.75) is 18.9 Å². The van der Waals surface area contributed by atoms with E-state index in [1.807, 2.05) is 11.7 Å². The second-order valence-corrected chi connectivity index (χ2v) is 4.40. The Kier molecular flexibility index (Phi) is 7.28. The van der Waals surface area contributed by atoms with Crippen LogP contribution in [0.1, 0.15) is 11.3 Å². The van der Waals surface area contributed by atoms with Gasteiger partial charge in [0.2, 0.25) is 0 Å². The van der Waals surface area contributed by atoms with E-state index in [-0.39, 0.29) is 6.04 Å². The molecule has 16 heavy (non-hydrogen) atoms. The summed E-state index contributed by atoms with van der Waals surface area (Å²) in [7, 11) is 1.66. The Hall–Kier alpha value is -0.530. The van der Waals surface area contributed by atoms with E-state index in [0.29, 0.717) is 19.8 Å². The summed E-state index contributed by atoms with van der Waals surface area (Å²) < 4.78 is 10.3. The fourth-order valence-electron chi connectivity index (χ4n) is 1.30. The molecule has 0 spiro atoms. The third-order valence-electron chi connectivity index (χ3n) is 2.21. The number of rotatable bonds is 9. The maximum atomic E-state index is 5.48. The van der Waals surface area contributed by atoms with Crippen LogP contribution in [0.3, 0.4) is 0 Å². The Morgan fingerprint density at radius 3 is 3.00 bits per heavy atom. The van der Waals surface area contributed by atoms with E-state index >= 15 is 0 Å². The number of hydrogen-bond acceptors (Lipinski definition) is 6. The molecule has 0 bridgehead atoms. The maximum absolute atomic E-state index is 5.48. The Morgan fingerprint density at radius 1 is 1.50 bits per heavy atom.